The summed E-state index contributed by atoms with van der Waals surface area (Å²) in [5.41, 5.74) is 1.03. The van der Waals surface area contributed by atoms with Gasteiger partial charge in [-0.3, -0.25) is 0 Å². The van der Waals surface area contributed by atoms with Gasteiger partial charge in [0.2, 0.25) is 5.95 Å². The van der Waals surface area contributed by atoms with Crippen LogP contribution in [0.25, 0.3) is 22.5 Å². The van der Waals surface area contributed by atoms with Crippen LogP contribution in [0.4, 0.5) is 14.7 Å². The summed E-state index contributed by atoms with van der Waals surface area (Å²) in [5.74, 6) is -0.352. The van der Waals surface area contributed by atoms with E-state index >= 15 is 4.39 Å². The number of nitrogens with one attached hydrogen (secondary N) is 1. The van der Waals surface area contributed by atoms with Crippen LogP contribution in [0.1, 0.15) is 45.4 Å². The Labute approximate surface area is 213 Å². The van der Waals surface area contributed by atoms with Gasteiger partial charge in [-0.05, 0) is 57.6 Å². The highest BCUT2D eigenvalue weighted by Gasteiger charge is 2.50. The van der Waals surface area contributed by atoms with Crippen molar-refractivity contribution in [1.29, 1.82) is 0 Å². The van der Waals surface area contributed by atoms with Crippen LogP contribution in [0.5, 0.6) is 11.8 Å². The smallest absolute Gasteiger partial charge is 0.316 e. The third kappa shape index (κ3) is 4.45. The molecule has 1 aromatic carbocycles. The molecule has 2 saturated heterocycles. The summed E-state index contributed by atoms with van der Waals surface area (Å²) >= 11 is 0. The lowest BCUT2D eigenvalue weighted by Crippen LogP contribution is -2.67. The summed E-state index contributed by atoms with van der Waals surface area (Å²) in [4.78, 5) is 14.4. The number of anilines is 1. The zero-order valence-electron chi connectivity index (χ0n) is 20.7. The number of phenols is 1. The van der Waals surface area contributed by atoms with E-state index in [-0.39, 0.29) is 41.1 Å². The Morgan fingerprint density at radius 2 is 2.00 bits per heavy atom. The lowest BCUT2D eigenvalue weighted by Gasteiger charge is -2.52. The van der Waals surface area contributed by atoms with E-state index in [2.05, 4.69) is 37.4 Å². The van der Waals surface area contributed by atoms with E-state index in [0.717, 1.165) is 38.3 Å². The quantitative estimate of drug-likeness (QED) is 0.512. The molecule has 3 aliphatic rings. The molecule has 194 valence electrons. The largest absolute Gasteiger partial charge is 0.507 e. The first kappa shape index (κ1) is 23.9. The molecule has 3 fully saturated rings. The number of methoxy groups -OCH3 is 1. The minimum Gasteiger partial charge on any atom is -0.507 e. The molecule has 0 unspecified atom stereocenters. The number of phenolic OH excluding ortho intramolecular Hbond substituents is 1. The lowest BCUT2D eigenvalue weighted by molar-refractivity contribution is 0.0582. The van der Waals surface area contributed by atoms with Crippen LogP contribution >= 0.6 is 0 Å². The Balaban J connectivity index is 1.27. The second kappa shape index (κ2) is 9.13. The maximum absolute atomic E-state index is 15.6. The van der Waals surface area contributed by atoms with Crippen molar-refractivity contribution in [3.63, 3.8) is 0 Å². The predicted molar refractivity (Wildman–Crippen MR) is 132 cm³/mol. The summed E-state index contributed by atoms with van der Waals surface area (Å²) in [5, 5.41) is 22.9. The lowest BCUT2D eigenvalue weighted by atomic mass is 9.74. The van der Waals surface area contributed by atoms with Crippen molar-refractivity contribution in [3.05, 3.63) is 36.4 Å². The van der Waals surface area contributed by atoms with Crippen molar-refractivity contribution in [2.24, 2.45) is 0 Å². The summed E-state index contributed by atoms with van der Waals surface area (Å²) in [6, 6.07) is 4.40. The zero-order chi connectivity index (χ0) is 25.7. The normalized spacial score (nSPS) is 27.1. The molecule has 2 aromatic heterocycles. The zero-order valence-corrected chi connectivity index (χ0v) is 20.7. The molecule has 4 atom stereocenters. The van der Waals surface area contributed by atoms with Gasteiger partial charge >= 0.3 is 6.01 Å². The molecule has 2 bridgehead atoms. The number of aromatic nitrogens is 5. The molecular formula is C26H29F2N7O2. The Hall–Kier alpha value is -3.47. The molecule has 4 heterocycles. The van der Waals surface area contributed by atoms with Crippen LogP contribution in [0.3, 0.4) is 0 Å². The number of ether oxygens (including phenoxy) is 1. The molecule has 11 heteroatoms. The fraction of sp³-hybridized carbons (Fsp3) is 0.500. The molecule has 2 aliphatic heterocycles. The van der Waals surface area contributed by atoms with E-state index in [1.54, 1.807) is 12.1 Å². The number of halogens is 2. The van der Waals surface area contributed by atoms with E-state index in [9.17, 15) is 9.50 Å². The van der Waals surface area contributed by atoms with Gasteiger partial charge < -0.3 is 20.1 Å². The first-order valence-electron chi connectivity index (χ1n) is 12.7. The fourth-order valence-electron chi connectivity index (χ4n) is 5.79. The summed E-state index contributed by atoms with van der Waals surface area (Å²) in [7, 11) is 1.39. The van der Waals surface area contributed by atoms with Crippen molar-refractivity contribution < 1.29 is 18.6 Å². The average molecular weight is 510 g/mol. The number of aromatic hydroxyl groups is 1. The highest BCUT2D eigenvalue weighted by molar-refractivity contribution is 5.72. The van der Waals surface area contributed by atoms with Crippen molar-refractivity contribution in [2.45, 2.75) is 75.3 Å². The molecule has 1 aliphatic carbocycles. The van der Waals surface area contributed by atoms with Crippen molar-refractivity contribution in [3.8, 4) is 34.3 Å². The van der Waals surface area contributed by atoms with Gasteiger partial charge in [-0.1, -0.05) is 6.07 Å². The minimum absolute atomic E-state index is 0.00884. The molecule has 0 spiro atoms. The van der Waals surface area contributed by atoms with Gasteiger partial charge in [-0.2, -0.15) is 4.98 Å². The summed E-state index contributed by atoms with van der Waals surface area (Å²) < 4.78 is 34.9. The summed E-state index contributed by atoms with van der Waals surface area (Å²) in [6.07, 6.45) is 7.12. The molecule has 1 saturated carbocycles. The van der Waals surface area contributed by atoms with Gasteiger partial charge in [-0.25, -0.2) is 18.7 Å². The van der Waals surface area contributed by atoms with Crippen molar-refractivity contribution in [2.75, 3.05) is 12.0 Å². The molecule has 37 heavy (non-hydrogen) atoms. The standard InChI is InChI=1S/C26H29F2N7O2/c1-26-9-3-4-18(32-26)22(28)20(11-26)35(15-6-7-15)24-29-13-19(33-34-24)16-8-5-14(10-21(16)36)23-17(27)12-30-25(31-23)37-2/h5,8,10,12-13,15,18,20,22,32,36H,3-4,6-7,9,11H2,1-2H3/t18-,20+,22-,26+/m0/s1. The summed E-state index contributed by atoms with van der Waals surface area (Å²) in [6.45, 7) is 2.18. The second-order valence-electron chi connectivity index (χ2n) is 10.5. The number of nitrogens with zero attached hydrogens (tertiary/aromatic N) is 6. The highest BCUT2D eigenvalue weighted by atomic mass is 19.1. The van der Waals surface area contributed by atoms with E-state index in [1.165, 1.54) is 19.4 Å². The van der Waals surface area contributed by atoms with Crippen molar-refractivity contribution >= 4 is 5.95 Å². The molecule has 0 amide bonds. The highest BCUT2D eigenvalue weighted by Crippen LogP contribution is 2.42. The van der Waals surface area contributed by atoms with Crippen LogP contribution in [0, 0.1) is 5.82 Å². The topological polar surface area (TPSA) is 109 Å². The monoisotopic (exact) mass is 509 g/mol. The molecular weight excluding hydrogens is 480 g/mol. The number of benzene rings is 1. The van der Waals surface area contributed by atoms with Gasteiger partial charge in [0.25, 0.3) is 0 Å². The van der Waals surface area contributed by atoms with E-state index in [0.29, 0.717) is 29.2 Å². The second-order valence-corrected chi connectivity index (χ2v) is 10.5. The molecule has 6 rings (SSSR count). The SMILES string of the molecule is COc1ncc(F)c(-c2ccc(-c3cnc(N(C4CC4)[C@@H]4C[C@@]5(C)CCC[C@H](N5)[C@@H]4F)nn3)c(O)c2)n1. The molecule has 3 aromatic rings. The number of hydrogen-bond donors (Lipinski definition) is 2. The number of hydrogen-bond acceptors (Lipinski definition) is 9. The van der Waals surface area contributed by atoms with Crippen LogP contribution in [0.2, 0.25) is 0 Å². The van der Waals surface area contributed by atoms with Crippen LogP contribution in [0.15, 0.2) is 30.6 Å². The van der Waals surface area contributed by atoms with E-state index in [1.807, 2.05) is 4.90 Å². The maximum Gasteiger partial charge on any atom is 0.316 e. The van der Waals surface area contributed by atoms with Crippen molar-refractivity contribution in [1.82, 2.24) is 30.5 Å². The molecule has 0 radical (unpaired) electrons. The Morgan fingerprint density at radius 1 is 1.16 bits per heavy atom. The maximum atomic E-state index is 15.6. The van der Waals surface area contributed by atoms with Gasteiger partial charge in [-0.15, -0.1) is 10.2 Å². The third-order valence-electron chi connectivity index (χ3n) is 7.72. The van der Waals surface area contributed by atoms with E-state index < -0.39 is 12.0 Å². The van der Waals surface area contributed by atoms with Crippen LogP contribution < -0.4 is 15.0 Å². The van der Waals surface area contributed by atoms with Crippen LogP contribution in [-0.4, -0.2) is 67.2 Å². The number of piperidine rings is 2. The number of fused-ring (bicyclic) bond motifs is 2. The number of alkyl halides is 1. The van der Waals surface area contributed by atoms with Gasteiger partial charge in [0.15, 0.2) is 5.82 Å². The third-order valence-corrected chi connectivity index (χ3v) is 7.72. The van der Waals surface area contributed by atoms with Gasteiger partial charge in [0.1, 0.15) is 23.3 Å². The predicted octanol–water partition coefficient (Wildman–Crippen LogP) is 3.83. The van der Waals surface area contributed by atoms with Gasteiger partial charge in [0.05, 0.1) is 25.5 Å². The molecule has 9 nitrogen and oxygen atoms in total. The first-order chi connectivity index (χ1) is 17.8. The van der Waals surface area contributed by atoms with Crippen LogP contribution in [-0.2, 0) is 0 Å². The average Bonchev–Trinajstić information content (AvgIpc) is 3.73. The fourth-order valence-corrected chi connectivity index (χ4v) is 5.79. The van der Waals surface area contributed by atoms with Gasteiger partial charge in [0, 0.05) is 28.7 Å². The molecule has 2 N–H and O–H groups in total. The Kier molecular flexibility index (Phi) is 5.89. The van der Waals surface area contributed by atoms with E-state index in [4.69, 9.17) is 4.74 Å². The Bertz CT molecular complexity index is 1310. The Morgan fingerprint density at radius 3 is 2.70 bits per heavy atom. The minimum atomic E-state index is -1.00. The number of rotatable bonds is 6. The first-order valence-corrected chi connectivity index (χ1v) is 12.7.